The Morgan fingerprint density at radius 2 is 1.38 bits per heavy atom. The number of sulfonamides is 1. The Morgan fingerprint density at radius 3 is 2.00 bits per heavy atom. The molecule has 3 aromatic carbocycles. The molecule has 0 fully saturated rings. The van der Waals surface area contributed by atoms with Crippen molar-refractivity contribution in [2.24, 2.45) is 0 Å². The Bertz CT molecular complexity index is 964. The molecule has 0 aromatic heterocycles. The zero-order valence-corrected chi connectivity index (χ0v) is 15.4. The van der Waals surface area contributed by atoms with E-state index in [-0.39, 0.29) is 4.90 Å². The number of rotatable bonds is 6. The average molecular weight is 363 g/mol. The Hall–Kier alpha value is -2.69. The van der Waals surface area contributed by atoms with Gasteiger partial charge in [-0.15, -0.1) is 0 Å². The van der Waals surface area contributed by atoms with E-state index in [1.807, 2.05) is 79.7 Å². The summed E-state index contributed by atoms with van der Waals surface area (Å²) in [5.74, 6) is 0. The number of nitrogens with one attached hydrogen (secondary N) is 1. The highest BCUT2D eigenvalue weighted by atomic mass is 32.2. The van der Waals surface area contributed by atoms with Crippen molar-refractivity contribution in [2.75, 3.05) is 0 Å². The number of benzene rings is 3. The van der Waals surface area contributed by atoms with Crippen molar-refractivity contribution in [3.05, 3.63) is 108 Å². The van der Waals surface area contributed by atoms with E-state index in [0.29, 0.717) is 0 Å². The molecule has 3 nitrogen and oxygen atoms in total. The summed E-state index contributed by atoms with van der Waals surface area (Å²) in [6.07, 6.45) is 3.80. The van der Waals surface area contributed by atoms with Crippen LogP contribution in [0, 0.1) is 6.92 Å². The minimum Gasteiger partial charge on any atom is -0.207 e. The second-order valence-electron chi connectivity index (χ2n) is 6.09. The minimum absolute atomic E-state index is 0.261. The summed E-state index contributed by atoms with van der Waals surface area (Å²) in [4.78, 5) is 0.261. The predicted molar refractivity (Wildman–Crippen MR) is 106 cm³/mol. The first kappa shape index (κ1) is 18.1. The van der Waals surface area contributed by atoms with Crippen molar-refractivity contribution in [1.29, 1.82) is 0 Å². The minimum atomic E-state index is -3.63. The molecule has 0 heterocycles. The summed E-state index contributed by atoms with van der Waals surface area (Å²) < 4.78 is 28.4. The van der Waals surface area contributed by atoms with Gasteiger partial charge in [-0.05, 0) is 30.2 Å². The van der Waals surface area contributed by atoms with Crippen LogP contribution in [0.3, 0.4) is 0 Å². The summed E-state index contributed by atoms with van der Waals surface area (Å²) in [5, 5.41) is 0. The van der Waals surface area contributed by atoms with E-state index in [1.165, 1.54) is 0 Å². The molecule has 0 saturated heterocycles. The second kappa shape index (κ2) is 8.13. The van der Waals surface area contributed by atoms with E-state index in [0.717, 1.165) is 16.7 Å². The van der Waals surface area contributed by atoms with Crippen LogP contribution in [0.1, 0.15) is 22.7 Å². The van der Waals surface area contributed by atoms with Crippen molar-refractivity contribution in [1.82, 2.24) is 4.72 Å². The highest BCUT2D eigenvalue weighted by molar-refractivity contribution is 7.89. The summed E-state index contributed by atoms with van der Waals surface area (Å²) >= 11 is 0. The molecule has 0 aliphatic carbocycles. The van der Waals surface area contributed by atoms with Gasteiger partial charge in [0.25, 0.3) is 0 Å². The van der Waals surface area contributed by atoms with Crippen LogP contribution in [0.15, 0.2) is 95.9 Å². The van der Waals surface area contributed by atoms with Gasteiger partial charge >= 0.3 is 0 Å². The zero-order chi connectivity index (χ0) is 18.4. The normalized spacial score (nSPS) is 13.0. The van der Waals surface area contributed by atoms with Gasteiger partial charge < -0.3 is 0 Å². The molecular weight excluding hydrogens is 342 g/mol. The van der Waals surface area contributed by atoms with E-state index in [4.69, 9.17) is 0 Å². The van der Waals surface area contributed by atoms with E-state index >= 15 is 0 Å². The van der Waals surface area contributed by atoms with Gasteiger partial charge in [0, 0.05) is 0 Å². The third kappa shape index (κ3) is 4.69. The van der Waals surface area contributed by atoms with Gasteiger partial charge in [0.05, 0.1) is 10.9 Å². The molecule has 0 spiro atoms. The molecule has 1 N–H and O–H groups in total. The van der Waals surface area contributed by atoms with Crippen molar-refractivity contribution in [3.63, 3.8) is 0 Å². The number of hydrogen-bond donors (Lipinski definition) is 1. The van der Waals surface area contributed by atoms with Crippen LogP contribution < -0.4 is 4.72 Å². The molecule has 4 heteroatoms. The molecule has 0 amide bonds. The van der Waals surface area contributed by atoms with Crippen molar-refractivity contribution < 1.29 is 8.42 Å². The van der Waals surface area contributed by atoms with Gasteiger partial charge in [0.1, 0.15) is 0 Å². The lowest BCUT2D eigenvalue weighted by Crippen LogP contribution is -2.27. The molecule has 3 rings (SSSR count). The van der Waals surface area contributed by atoms with E-state index in [2.05, 4.69) is 4.72 Å². The van der Waals surface area contributed by atoms with Gasteiger partial charge in [-0.1, -0.05) is 90.5 Å². The van der Waals surface area contributed by atoms with Crippen molar-refractivity contribution >= 4 is 16.1 Å². The molecule has 0 unspecified atom stereocenters. The van der Waals surface area contributed by atoms with Gasteiger partial charge in [0.15, 0.2) is 0 Å². The number of hydrogen-bond acceptors (Lipinski definition) is 2. The largest absolute Gasteiger partial charge is 0.241 e. The van der Waals surface area contributed by atoms with Crippen molar-refractivity contribution in [3.8, 4) is 0 Å². The summed E-state index contributed by atoms with van der Waals surface area (Å²) in [6.45, 7) is 1.93. The van der Waals surface area contributed by atoms with Crippen LogP contribution in [-0.4, -0.2) is 8.42 Å². The lowest BCUT2D eigenvalue weighted by atomic mass is 10.1. The topological polar surface area (TPSA) is 46.2 Å². The maximum Gasteiger partial charge on any atom is 0.241 e. The van der Waals surface area contributed by atoms with Gasteiger partial charge in [-0.25, -0.2) is 8.42 Å². The van der Waals surface area contributed by atoms with E-state index < -0.39 is 16.1 Å². The fraction of sp³-hybridized carbons (Fsp3) is 0.0909. The first-order chi connectivity index (χ1) is 12.5. The first-order valence-electron chi connectivity index (χ1n) is 8.42. The smallest absolute Gasteiger partial charge is 0.207 e. The summed E-state index contributed by atoms with van der Waals surface area (Å²) in [7, 11) is -3.63. The Morgan fingerprint density at radius 1 is 0.808 bits per heavy atom. The van der Waals surface area contributed by atoms with Gasteiger partial charge in [0.2, 0.25) is 10.0 Å². The molecule has 0 bridgehead atoms. The number of aryl methyl sites for hydroxylation is 1. The molecule has 0 aliphatic rings. The Kier molecular flexibility index (Phi) is 5.66. The molecular formula is C22H21NO2S. The first-order valence-corrected chi connectivity index (χ1v) is 9.90. The van der Waals surface area contributed by atoms with Crippen LogP contribution in [-0.2, 0) is 10.0 Å². The van der Waals surface area contributed by atoms with Crippen molar-refractivity contribution in [2.45, 2.75) is 17.9 Å². The quantitative estimate of drug-likeness (QED) is 0.688. The lowest BCUT2D eigenvalue weighted by molar-refractivity contribution is 0.574. The fourth-order valence-electron chi connectivity index (χ4n) is 2.60. The van der Waals surface area contributed by atoms with Crippen LogP contribution in [0.4, 0.5) is 0 Å². The van der Waals surface area contributed by atoms with Gasteiger partial charge in [-0.3, -0.25) is 0 Å². The van der Waals surface area contributed by atoms with Crippen LogP contribution in [0.5, 0.6) is 0 Å². The molecule has 3 aromatic rings. The SMILES string of the molecule is Cc1ccc(S(=O)(=O)N[C@H](C=Cc2ccccc2)c2ccccc2)cc1. The maximum absolute atomic E-state index is 12.8. The van der Waals surface area contributed by atoms with E-state index in [9.17, 15) is 8.42 Å². The zero-order valence-electron chi connectivity index (χ0n) is 14.5. The predicted octanol–water partition coefficient (Wildman–Crippen LogP) is 4.73. The summed E-state index contributed by atoms with van der Waals surface area (Å²) in [6, 6.07) is 25.7. The molecule has 1 atom stereocenters. The van der Waals surface area contributed by atoms with Crippen LogP contribution >= 0.6 is 0 Å². The third-order valence-corrected chi connectivity index (χ3v) is 5.51. The molecule has 26 heavy (non-hydrogen) atoms. The van der Waals surface area contributed by atoms with E-state index in [1.54, 1.807) is 24.3 Å². The molecule has 0 aliphatic heterocycles. The lowest BCUT2D eigenvalue weighted by Gasteiger charge is -2.16. The molecule has 0 saturated carbocycles. The fourth-order valence-corrected chi connectivity index (χ4v) is 3.78. The molecule has 132 valence electrons. The highest BCUT2D eigenvalue weighted by Crippen LogP contribution is 2.20. The Balaban J connectivity index is 1.91. The van der Waals surface area contributed by atoms with Gasteiger partial charge in [-0.2, -0.15) is 4.72 Å². The van der Waals surface area contributed by atoms with Crippen LogP contribution in [0.2, 0.25) is 0 Å². The summed E-state index contributed by atoms with van der Waals surface area (Å²) in [5.41, 5.74) is 2.92. The third-order valence-electron chi connectivity index (χ3n) is 4.05. The molecule has 0 radical (unpaired) electrons. The maximum atomic E-state index is 12.8. The Labute approximate surface area is 155 Å². The second-order valence-corrected chi connectivity index (χ2v) is 7.81. The highest BCUT2D eigenvalue weighted by Gasteiger charge is 2.19. The van der Waals surface area contributed by atoms with Crippen LogP contribution in [0.25, 0.3) is 6.08 Å². The average Bonchev–Trinajstić information content (AvgIpc) is 2.67. The standard InChI is InChI=1S/C22H21NO2S/c1-18-12-15-21(16-13-18)26(24,25)23-22(20-10-6-3-7-11-20)17-14-19-8-4-2-5-9-19/h2-17,22-23H,1H3/t22-/m1/s1. The monoisotopic (exact) mass is 363 g/mol.